The first kappa shape index (κ1) is 16.0. The number of benzene rings is 1. The Morgan fingerprint density at radius 3 is 2.71 bits per heavy atom. The van der Waals surface area contributed by atoms with Gasteiger partial charge < -0.3 is 28.8 Å². The molecule has 1 saturated carbocycles. The lowest BCUT2D eigenvalue weighted by atomic mass is 9.98. The topological polar surface area (TPSA) is 83.5 Å². The van der Waals surface area contributed by atoms with Crippen molar-refractivity contribution in [1.29, 1.82) is 0 Å². The minimum Gasteiger partial charge on any atom is -0.467 e. The van der Waals surface area contributed by atoms with Crippen LogP contribution in [0.1, 0.15) is 18.4 Å². The summed E-state index contributed by atoms with van der Waals surface area (Å²) in [6, 6.07) is 9.59. The molecule has 1 aliphatic carbocycles. The summed E-state index contributed by atoms with van der Waals surface area (Å²) in [4.78, 5) is 11.9. The Morgan fingerprint density at radius 1 is 1.29 bits per heavy atom. The van der Waals surface area contributed by atoms with Crippen LogP contribution in [0.2, 0.25) is 0 Å². The lowest BCUT2D eigenvalue weighted by Crippen LogP contribution is -2.59. The fourth-order valence-corrected chi connectivity index (χ4v) is 3.14. The van der Waals surface area contributed by atoms with Crippen LogP contribution in [0.5, 0.6) is 0 Å². The smallest absolute Gasteiger partial charge is 0.337 e. The average molecular weight is 336 g/mol. The van der Waals surface area contributed by atoms with Crippen LogP contribution >= 0.6 is 0 Å². The lowest BCUT2D eigenvalue weighted by Gasteiger charge is -2.38. The van der Waals surface area contributed by atoms with E-state index in [0.717, 1.165) is 18.4 Å². The summed E-state index contributed by atoms with van der Waals surface area (Å²) in [6.45, 7) is 0.288. The Hall–Kier alpha value is -1.51. The van der Waals surface area contributed by atoms with Gasteiger partial charge in [0.05, 0.1) is 13.7 Å². The second kappa shape index (κ2) is 6.09. The molecule has 0 unspecified atom stereocenters. The predicted octanol–water partition coefficient (Wildman–Crippen LogP) is 0.736. The molecule has 0 radical (unpaired) electrons. The lowest BCUT2D eigenvalue weighted by molar-refractivity contribution is -0.259. The molecular formula is C17H20O7. The van der Waals surface area contributed by atoms with Gasteiger partial charge >= 0.3 is 5.97 Å². The summed E-state index contributed by atoms with van der Waals surface area (Å²) in [6.07, 6.45) is -2.88. The molecule has 24 heavy (non-hydrogen) atoms. The van der Waals surface area contributed by atoms with Crippen LogP contribution in [0.15, 0.2) is 30.3 Å². The minimum absolute atomic E-state index is 0.288. The van der Waals surface area contributed by atoms with E-state index in [1.165, 1.54) is 7.11 Å². The Balaban J connectivity index is 1.52. The van der Waals surface area contributed by atoms with E-state index in [0.29, 0.717) is 0 Å². The van der Waals surface area contributed by atoms with Crippen LogP contribution in [0.3, 0.4) is 0 Å². The van der Waals surface area contributed by atoms with E-state index in [9.17, 15) is 9.90 Å². The van der Waals surface area contributed by atoms with Gasteiger partial charge in [0.25, 0.3) is 0 Å². The molecule has 1 aromatic carbocycles. The number of carbonyl (C=O) groups excluding carboxylic acids is 1. The highest BCUT2D eigenvalue weighted by atomic mass is 16.8. The van der Waals surface area contributed by atoms with E-state index >= 15 is 0 Å². The highest BCUT2D eigenvalue weighted by Gasteiger charge is 2.63. The molecule has 3 fully saturated rings. The van der Waals surface area contributed by atoms with Crippen LogP contribution < -0.4 is 0 Å². The molecule has 2 aliphatic heterocycles. The van der Waals surface area contributed by atoms with E-state index in [1.54, 1.807) is 0 Å². The maximum Gasteiger partial charge on any atom is 0.337 e. The summed E-state index contributed by atoms with van der Waals surface area (Å²) >= 11 is 0. The molecule has 7 nitrogen and oxygen atoms in total. The summed E-state index contributed by atoms with van der Waals surface area (Å²) < 4.78 is 27.9. The first-order valence-electron chi connectivity index (χ1n) is 8.04. The number of ether oxygens (including phenoxy) is 5. The quantitative estimate of drug-likeness (QED) is 0.812. The van der Waals surface area contributed by atoms with E-state index < -0.39 is 42.5 Å². The van der Waals surface area contributed by atoms with Crippen molar-refractivity contribution >= 4 is 5.97 Å². The second-order valence-electron chi connectivity index (χ2n) is 6.31. The largest absolute Gasteiger partial charge is 0.467 e. The third-order valence-corrected chi connectivity index (χ3v) is 4.58. The molecule has 0 bridgehead atoms. The Kier molecular flexibility index (Phi) is 4.06. The van der Waals surface area contributed by atoms with Crippen molar-refractivity contribution in [3.8, 4) is 0 Å². The molecule has 0 aromatic heterocycles. The molecule has 1 spiro atoms. The number of esters is 1. The van der Waals surface area contributed by atoms with Gasteiger partial charge in [0.2, 0.25) is 0 Å². The maximum atomic E-state index is 11.9. The SMILES string of the molecule is COC(=O)[C@@H]1O[C@@H]2OC3(CC3)O[C@@H]2[C@@H](OCc2ccccc2)[C@@H]1O. The highest BCUT2D eigenvalue weighted by Crippen LogP contribution is 2.51. The number of carbonyl (C=O) groups is 1. The normalized spacial score (nSPS) is 36.3. The zero-order chi connectivity index (χ0) is 16.7. The van der Waals surface area contributed by atoms with E-state index in [4.69, 9.17) is 23.7 Å². The van der Waals surface area contributed by atoms with Crippen LogP contribution in [-0.2, 0) is 35.1 Å². The van der Waals surface area contributed by atoms with E-state index in [1.807, 2.05) is 30.3 Å². The van der Waals surface area contributed by atoms with Crippen molar-refractivity contribution in [2.45, 2.75) is 55.9 Å². The summed E-state index contributed by atoms with van der Waals surface area (Å²) in [7, 11) is 1.25. The third kappa shape index (κ3) is 2.82. The van der Waals surface area contributed by atoms with Crippen molar-refractivity contribution in [1.82, 2.24) is 0 Å². The number of rotatable bonds is 4. The van der Waals surface area contributed by atoms with Crippen molar-refractivity contribution in [3.05, 3.63) is 35.9 Å². The van der Waals surface area contributed by atoms with Gasteiger partial charge in [-0.2, -0.15) is 0 Å². The Bertz CT molecular complexity index is 600. The number of fused-ring (bicyclic) bond motifs is 1. The van der Waals surface area contributed by atoms with Crippen molar-refractivity contribution < 1.29 is 33.6 Å². The van der Waals surface area contributed by atoms with Gasteiger partial charge in [-0.25, -0.2) is 4.79 Å². The monoisotopic (exact) mass is 336 g/mol. The Labute approximate surface area is 139 Å². The molecular weight excluding hydrogens is 316 g/mol. The number of hydrogen-bond donors (Lipinski definition) is 1. The van der Waals surface area contributed by atoms with Crippen LogP contribution in [0, 0.1) is 0 Å². The third-order valence-electron chi connectivity index (χ3n) is 4.58. The second-order valence-corrected chi connectivity index (χ2v) is 6.31. The van der Waals surface area contributed by atoms with Gasteiger partial charge in [-0.15, -0.1) is 0 Å². The highest BCUT2D eigenvalue weighted by molar-refractivity contribution is 5.75. The predicted molar refractivity (Wildman–Crippen MR) is 79.6 cm³/mol. The molecule has 130 valence electrons. The van der Waals surface area contributed by atoms with E-state index in [2.05, 4.69) is 0 Å². The maximum absolute atomic E-state index is 11.9. The number of aliphatic hydroxyl groups is 1. The minimum atomic E-state index is -1.19. The standard InChI is InChI=1S/C17H20O7/c1-20-15(19)13-11(18)12(21-9-10-5-3-2-4-6-10)14-16(22-13)24-17(23-14)7-8-17/h2-6,11-14,16,18H,7-9H2,1H3/t11-,12-,13+,14+,16+/m0/s1. The molecule has 3 aliphatic rings. The fraction of sp³-hybridized carbons (Fsp3) is 0.588. The van der Waals surface area contributed by atoms with Gasteiger partial charge in [0.1, 0.15) is 18.3 Å². The van der Waals surface area contributed by atoms with Crippen molar-refractivity contribution in [3.63, 3.8) is 0 Å². The summed E-state index contributed by atoms with van der Waals surface area (Å²) in [5.41, 5.74) is 0.961. The zero-order valence-corrected chi connectivity index (χ0v) is 13.3. The summed E-state index contributed by atoms with van der Waals surface area (Å²) in [5, 5.41) is 10.6. The molecule has 4 rings (SSSR count). The van der Waals surface area contributed by atoms with Gasteiger partial charge in [-0.3, -0.25) is 0 Å². The first-order valence-corrected chi connectivity index (χ1v) is 8.04. The van der Waals surface area contributed by atoms with Crippen LogP contribution in [-0.4, -0.2) is 54.7 Å². The van der Waals surface area contributed by atoms with E-state index in [-0.39, 0.29) is 6.61 Å². The van der Waals surface area contributed by atoms with Gasteiger partial charge in [-0.1, -0.05) is 30.3 Å². The molecule has 5 atom stereocenters. The number of methoxy groups -OCH3 is 1. The molecule has 2 saturated heterocycles. The molecule has 0 amide bonds. The number of aliphatic hydroxyl groups excluding tert-OH is 1. The van der Waals surface area contributed by atoms with Crippen molar-refractivity contribution in [2.75, 3.05) is 7.11 Å². The zero-order valence-electron chi connectivity index (χ0n) is 13.3. The molecule has 1 N–H and O–H groups in total. The van der Waals surface area contributed by atoms with Crippen molar-refractivity contribution in [2.24, 2.45) is 0 Å². The Morgan fingerprint density at radius 2 is 2.04 bits per heavy atom. The molecule has 2 heterocycles. The molecule has 7 heteroatoms. The first-order chi connectivity index (χ1) is 11.6. The van der Waals surface area contributed by atoms with Crippen LogP contribution in [0.4, 0.5) is 0 Å². The average Bonchev–Trinajstić information content (AvgIpc) is 3.25. The fourth-order valence-electron chi connectivity index (χ4n) is 3.14. The van der Waals surface area contributed by atoms with Crippen LogP contribution in [0.25, 0.3) is 0 Å². The summed E-state index contributed by atoms with van der Waals surface area (Å²) in [5.74, 6) is -1.30. The molecule has 1 aromatic rings. The van der Waals surface area contributed by atoms with Gasteiger partial charge in [-0.05, 0) is 5.56 Å². The number of hydrogen-bond acceptors (Lipinski definition) is 7. The van der Waals surface area contributed by atoms with Gasteiger partial charge in [0.15, 0.2) is 18.2 Å². The van der Waals surface area contributed by atoms with Gasteiger partial charge in [0, 0.05) is 12.8 Å².